The molecular weight excluding hydrogens is 288 g/mol. The summed E-state index contributed by atoms with van der Waals surface area (Å²) in [6, 6.07) is 14.2. The summed E-state index contributed by atoms with van der Waals surface area (Å²) in [6.45, 7) is 6.06. The third-order valence-electron chi connectivity index (χ3n) is 2.98. The predicted molar refractivity (Wildman–Crippen MR) is 88.6 cm³/mol. The van der Waals surface area contributed by atoms with Gasteiger partial charge in [-0.2, -0.15) is 5.10 Å². The van der Waals surface area contributed by atoms with E-state index in [0.29, 0.717) is 0 Å². The van der Waals surface area contributed by atoms with Gasteiger partial charge in [0, 0.05) is 27.4 Å². The van der Waals surface area contributed by atoms with Crippen LogP contribution in [0.4, 0.5) is 0 Å². The Kier molecular flexibility index (Phi) is 5.10. The van der Waals surface area contributed by atoms with Crippen molar-refractivity contribution >= 4 is 29.3 Å². The van der Waals surface area contributed by atoms with E-state index in [-0.39, 0.29) is 0 Å². The predicted octanol–water partition coefficient (Wildman–Crippen LogP) is 4.98. The molecule has 0 heterocycles. The Morgan fingerprint density at radius 2 is 1.80 bits per heavy atom. The lowest BCUT2D eigenvalue weighted by Gasteiger charge is -2.08. The number of nitrogens with zero attached hydrogens (tertiary/aromatic N) is 1. The average Bonchev–Trinajstić information content (AvgIpc) is 2.41. The van der Waals surface area contributed by atoms with Crippen LogP contribution in [0.5, 0.6) is 0 Å². The quantitative estimate of drug-likeness (QED) is 0.489. The first-order chi connectivity index (χ1) is 9.58. The molecular formula is C16H17ClN2S. The zero-order valence-electron chi connectivity index (χ0n) is 11.8. The van der Waals surface area contributed by atoms with Gasteiger partial charge >= 0.3 is 0 Å². The fraction of sp³-hybridized carbons (Fsp3) is 0.188. The topological polar surface area (TPSA) is 24.4 Å². The molecule has 0 amide bonds. The van der Waals surface area contributed by atoms with Crippen LogP contribution in [0.1, 0.15) is 23.6 Å². The molecule has 2 aromatic rings. The smallest absolute Gasteiger partial charge is 0.0672 e. The third-order valence-corrected chi connectivity index (χ3v) is 3.99. The minimum absolute atomic E-state index is 0.730. The lowest BCUT2D eigenvalue weighted by molar-refractivity contribution is 1.10. The summed E-state index contributed by atoms with van der Waals surface area (Å²) in [5.74, 6) is 0. The van der Waals surface area contributed by atoms with E-state index < -0.39 is 0 Å². The Labute approximate surface area is 129 Å². The maximum Gasteiger partial charge on any atom is 0.0672 e. The van der Waals surface area contributed by atoms with Gasteiger partial charge in [-0.05, 0) is 44.5 Å². The van der Waals surface area contributed by atoms with Crippen LogP contribution >= 0.6 is 23.5 Å². The molecule has 1 N–H and O–H groups in total. The van der Waals surface area contributed by atoms with Gasteiger partial charge in [0.15, 0.2) is 0 Å². The Hall–Kier alpha value is -1.45. The summed E-state index contributed by atoms with van der Waals surface area (Å²) in [6.07, 6.45) is 0. The highest BCUT2D eigenvalue weighted by Gasteiger charge is 2.06. The van der Waals surface area contributed by atoms with E-state index in [2.05, 4.69) is 41.1 Å². The zero-order chi connectivity index (χ0) is 14.5. The number of halogens is 1. The van der Waals surface area contributed by atoms with Crippen LogP contribution in [0.15, 0.2) is 52.5 Å². The molecule has 0 aromatic heterocycles. The second-order valence-corrected chi connectivity index (χ2v) is 5.90. The molecule has 0 aliphatic rings. The molecule has 2 aromatic carbocycles. The van der Waals surface area contributed by atoms with Crippen molar-refractivity contribution in [2.45, 2.75) is 25.7 Å². The number of hydrazone groups is 1. The number of hydrogen-bond donors (Lipinski definition) is 1. The van der Waals surface area contributed by atoms with Gasteiger partial charge in [-0.15, -0.1) is 0 Å². The van der Waals surface area contributed by atoms with Gasteiger partial charge in [0.1, 0.15) is 0 Å². The van der Waals surface area contributed by atoms with Crippen molar-refractivity contribution in [3.8, 4) is 0 Å². The molecule has 0 aliphatic heterocycles. The molecule has 4 heteroatoms. The third kappa shape index (κ3) is 3.78. The van der Waals surface area contributed by atoms with Crippen LogP contribution < -0.4 is 4.83 Å². The van der Waals surface area contributed by atoms with Gasteiger partial charge in [0.2, 0.25) is 0 Å². The molecule has 2 rings (SSSR count). The summed E-state index contributed by atoms with van der Waals surface area (Å²) in [7, 11) is 0. The van der Waals surface area contributed by atoms with Crippen molar-refractivity contribution in [3.63, 3.8) is 0 Å². The SMILES string of the molecule is C/C(=N\NSc1ccc(C)cc1)c1c(C)cccc1Cl. The molecule has 0 saturated carbocycles. The van der Waals surface area contributed by atoms with Crippen molar-refractivity contribution in [3.05, 3.63) is 64.2 Å². The van der Waals surface area contributed by atoms with Crippen LogP contribution in [0.2, 0.25) is 5.02 Å². The molecule has 0 unspecified atom stereocenters. The summed E-state index contributed by atoms with van der Waals surface area (Å²) in [5, 5.41) is 5.11. The van der Waals surface area contributed by atoms with E-state index in [1.165, 1.54) is 17.5 Å². The molecule has 0 fully saturated rings. The average molecular weight is 305 g/mol. The van der Waals surface area contributed by atoms with Gasteiger partial charge < -0.3 is 0 Å². The first-order valence-corrected chi connectivity index (χ1v) is 7.55. The highest BCUT2D eigenvalue weighted by atomic mass is 35.5. The first kappa shape index (κ1) is 14.9. The van der Waals surface area contributed by atoms with Gasteiger partial charge in [0.25, 0.3) is 0 Å². The van der Waals surface area contributed by atoms with E-state index in [0.717, 1.165) is 26.8 Å². The van der Waals surface area contributed by atoms with Crippen molar-refractivity contribution in [1.29, 1.82) is 0 Å². The van der Waals surface area contributed by atoms with Gasteiger partial charge in [-0.1, -0.05) is 41.4 Å². The second kappa shape index (κ2) is 6.82. The minimum Gasteiger partial charge on any atom is -0.247 e. The van der Waals surface area contributed by atoms with E-state index in [1.54, 1.807) is 0 Å². The molecule has 0 bridgehead atoms. The Bertz CT molecular complexity index is 601. The van der Waals surface area contributed by atoms with Crippen molar-refractivity contribution < 1.29 is 0 Å². The fourth-order valence-corrected chi connectivity index (χ4v) is 2.82. The summed E-state index contributed by atoms with van der Waals surface area (Å²) in [4.78, 5) is 4.15. The fourth-order valence-electron chi connectivity index (χ4n) is 1.90. The molecule has 2 nitrogen and oxygen atoms in total. The summed E-state index contributed by atoms with van der Waals surface area (Å²) in [5.41, 5.74) is 4.25. The number of nitrogens with one attached hydrogen (secondary N) is 1. The Morgan fingerprint density at radius 3 is 2.45 bits per heavy atom. The van der Waals surface area contributed by atoms with E-state index >= 15 is 0 Å². The van der Waals surface area contributed by atoms with Gasteiger partial charge in [-0.25, -0.2) is 4.83 Å². The lowest BCUT2D eigenvalue weighted by atomic mass is 10.1. The molecule has 0 saturated heterocycles. The van der Waals surface area contributed by atoms with Crippen LogP contribution in [-0.2, 0) is 0 Å². The number of benzene rings is 2. The lowest BCUT2D eigenvalue weighted by Crippen LogP contribution is -2.04. The molecule has 0 radical (unpaired) electrons. The zero-order valence-corrected chi connectivity index (χ0v) is 13.3. The van der Waals surface area contributed by atoms with Crippen LogP contribution in [0, 0.1) is 13.8 Å². The molecule has 0 spiro atoms. The number of rotatable bonds is 4. The molecule has 0 aliphatic carbocycles. The maximum atomic E-state index is 6.22. The molecule has 0 atom stereocenters. The van der Waals surface area contributed by atoms with Gasteiger partial charge in [0.05, 0.1) is 5.71 Å². The highest BCUT2D eigenvalue weighted by molar-refractivity contribution is 7.97. The maximum absolute atomic E-state index is 6.22. The van der Waals surface area contributed by atoms with Crippen LogP contribution in [-0.4, -0.2) is 5.71 Å². The monoisotopic (exact) mass is 304 g/mol. The standard InChI is InChI=1S/C16H17ClN2S/c1-11-7-9-14(10-8-11)20-19-18-13(3)16-12(2)5-4-6-15(16)17/h4-10,19H,1-3H3/b18-13+. The number of aryl methyl sites for hydroxylation is 2. The second-order valence-electron chi connectivity index (χ2n) is 4.64. The Balaban J connectivity index is 2.06. The number of hydrogen-bond acceptors (Lipinski definition) is 3. The summed E-state index contributed by atoms with van der Waals surface area (Å²) < 4.78 is 0. The molecule has 20 heavy (non-hydrogen) atoms. The van der Waals surface area contributed by atoms with Crippen molar-refractivity contribution in [2.24, 2.45) is 5.10 Å². The largest absolute Gasteiger partial charge is 0.247 e. The highest BCUT2D eigenvalue weighted by Crippen LogP contribution is 2.21. The first-order valence-electron chi connectivity index (χ1n) is 6.36. The van der Waals surface area contributed by atoms with E-state index in [9.17, 15) is 0 Å². The van der Waals surface area contributed by atoms with Crippen molar-refractivity contribution in [2.75, 3.05) is 0 Å². The van der Waals surface area contributed by atoms with Gasteiger partial charge in [-0.3, -0.25) is 0 Å². The summed E-state index contributed by atoms with van der Waals surface area (Å²) >= 11 is 7.71. The Morgan fingerprint density at radius 1 is 1.10 bits per heavy atom. The van der Waals surface area contributed by atoms with Crippen LogP contribution in [0.25, 0.3) is 0 Å². The van der Waals surface area contributed by atoms with E-state index in [4.69, 9.17) is 11.6 Å². The van der Waals surface area contributed by atoms with E-state index in [1.807, 2.05) is 32.0 Å². The molecule has 104 valence electrons. The van der Waals surface area contributed by atoms with Crippen LogP contribution in [0.3, 0.4) is 0 Å². The normalized spacial score (nSPS) is 11.5. The van der Waals surface area contributed by atoms with Crippen molar-refractivity contribution in [1.82, 2.24) is 4.83 Å². The minimum atomic E-state index is 0.730.